The second-order valence-corrected chi connectivity index (χ2v) is 6.90. The third kappa shape index (κ3) is 3.56. The third-order valence-corrected chi connectivity index (χ3v) is 5.48. The van der Waals surface area contributed by atoms with Gasteiger partial charge in [0.2, 0.25) is 0 Å². The van der Waals surface area contributed by atoms with Crippen molar-refractivity contribution < 1.29 is 4.74 Å². The van der Waals surface area contributed by atoms with Gasteiger partial charge in [-0.3, -0.25) is 0 Å². The summed E-state index contributed by atoms with van der Waals surface area (Å²) in [5.74, 6) is 3.16. The SMILES string of the molecule is CC(CSc1ccccc1)C1Cc2ccc(CCl)cc2O1. The highest BCUT2D eigenvalue weighted by molar-refractivity contribution is 7.99. The number of rotatable bonds is 5. The lowest BCUT2D eigenvalue weighted by atomic mass is 10.0. The summed E-state index contributed by atoms with van der Waals surface area (Å²) in [5, 5.41) is 0. The summed E-state index contributed by atoms with van der Waals surface area (Å²) in [6, 6.07) is 16.9. The molecule has 1 aliphatic rings. The van der Waals surface area contributed by atoms with E-state index in [2.05, 4.69) is 55.5 Å². The van der Waals surface area contributed by atoms with Crippen molar-refractivity contribution in [2.45, 2.75) is 30.2 Å². The van der Waals surface area contributed by atoms with Crippen LogP contribution in [0.3, 0.4) is 0 Å². The van der Waals surface area contributed by atoms with Crippen molar-refractivity contribution in [3.05, 3.63) is 59.7 Å². The van der Waals surface area contributed by atoms with Crippen molar-refractivity contribution in [2.75, 3.05) is 5.75 Å². The van der Waals surface area contributed by atoms with Crippen molar-refractivity contribution in [2.24, 2.45) is 5.92 Å². The number of hydrogen-bond acceptors (Lipinski definition) is 2. The molecule has 0 aliphatic carbocycles. The van der Waals surface area contributed by atoms with Crippen molar-refractivity contribution in [1.29, 1.82) is 0 Å². The first-order valence-electron chi connectivity index (χ1n) is 7.28. The topological polar surface area (TPSA) is 9.23 Å². The van der Waals surface area contributed by atoms with E-state index in [4.69, 9.17) is 16.3 Å². The van der Waals surface area contributed by atoms with Crippen LogP contribution < -0.4 is 4.74 Å². The number of ether oxygens (including phenoxy) is 1. The van der Waals surface area contributed by atoms with E-state index in [-0.39, 0.29) is 6.10 Å². The first kappa shape index (κ1) is 14.8. The second-order valence-electron chi connectivity index (χ2n) is 5.54. The predicted octanol–water partition coefficient (Wildman–Crippen LogP) is 5.16. The Morgan fingerprint density at radius 3 is 2.81 bits per heavy atom. The van der Waals surface area contributed by atoms with Crippen LogP contribution in [0.15, 0.2) is 53.4 Å². The molecule has 21 heavy (non-hydrogen) atoms. The van der Waals surface area contributed by atoms with E-state index in [1.165, 1.54) is 10.5 Å². The van der Waals surface area contributed by atoms with Crippen LogP contribution in [0.1, 0.15) is 18.1 Å². The Labute approximate surface area is 135 Å². The fourth-order valence-corrected chi connectivity index (χ4v) is 3.74. The molecule has 0 amide bonds. The highest BCUT2D eigenvalue weighted by atomic mass is 35.5. The van der Waals surface area contributed by atoms with Gasteiger partial charge in [0.1, 0.15) is 11.9 Å². The lowest BCUT2D eigenvalue weighted by Gasteiger charge is -2.18. The molecule has 0 radical (unpaired) electrons. The van der Waals surface area contributed by atoms with E-state index < -0.39 is 0 Å². The van der Waals surface area contributed by atoms with Gasteiger partial charge in [-0.25, -0.2) is 0 Å². The smallest absolute Gasteiger partial charge is 0.123 e. The standard InChI is InChI=1S/C18H19ClOS/c1-13(12-21-16-5-3-2-4-6-16)17-10-15-8-7-14(11-19)9-18(15)20-17/h2-9,13,17H,10-12H2,1H3. The van der Waals surface area contributed by atoms with Gasteiger partial charge in [0.15, 0.2) is 0 Å². The van der Waals surface area contributed by atoms with Crippen LogP contribution in [0.2, 0.25) is 0 Å². The molecule has 1 heterocycles. The zero-order valence-corrected chi connectivity index (χ0v) is 13.7. The van der Waals surface area contributed by atoms with Gasteiger partial charge in [0, 0.05) is 28.9 Å². The van der Waals surface area contributed by atoms with E-state index in [9.17, 15) is 0 Å². The number of halogens is 1. The van der Waals surface area contributed by atoms with Crippen molar-refractivity contribution in [1.82, 2.24) is 0 Å². The fourth-order valence-electron chi connectivity index (χ4n) is 2.55. The molecule has 0 bridgehead atoms. The van der Waals surface area contributed by atoms with Crippen LogP contribution in [-0.4, -0.2) is 11.9 Å². The van der Waals surface area contributed by atoms with E-state index in [1.54, 1.807) is 0 Å². The normalized spacial score (nSPS) is 18.1. The fraction of sp³-hybridized carbons (Fsp3) is 0.333. The summed E-state index contributed by atoms with van der Waals surface area (Å²) in [5.41, 5.74) is 2.44. The van der Waals surface area contributed by atoms with E-state index in [0.717, 1.165) is 23.5 Å². The minimum atomic E-state index is 0.279. The quantitative estimate of drug-likeness (QED) is 0.556. The Morgan fingerprint density at radius 2 is 2.05 bits per heavy atom. The first-order chi connectivity index (χ1) is 10.3. The molecule has 2 unspecified atom stereocenters. The number of fused-ring (bicyclic) bond motifs is 1. The van der Waals surface area contributed by atoms with Gasteiger partial charge >= 0.3 is 0 Å². The van der Waals surface area contributed by atoms with Gasteiger partial charge in [0.25, 0.3) is 0 Å². The highest BCUT2D eigenvalue weighted by Crippen LogP contribution is 2.34. The van der Waals surface area contributed by atoms with Gasteiger partial charge in [0.05, 0.1) is 0 Å². The lowest BCUT2D eigenvalue weighted by Crippen LogP contribution is -2.24. The molecule has 3 heteroatoms. The first-order valence-corrected chi connectivity index (χ1v) is 8.80. The van der Waals surface area contributed by atoms with Gasteiger partial charge < -0.3 is 4.74 Å². The molecule has 0 spiro atoms. The maximum Gasteiger partial charge on any atom is 0.123 e. The summed E-state index contributed by atoms with van der Waals surface area (Å²) >= 11 is 7.79. The zero-order chi connectivity index (χ0) is 14.7. The van der Waals surface area contributed by atoms with E-state index in [0.29, 0.717) is 11.8 Å². The molecule has 2 atom stereocenters. The van der Waals surface area contributed by atoms with Crippen LogP contribution in [0.5, 0.6) is 5.75 Å². The maximum absolute atomic E-state index is 6.13. The number of thioether (sulfide) groups is 1. The number of alkyl halides is 1. The van der Waals surface area contributed by atoms with Crippen LogP contribution >= 0.6 is 23.4 Å². The molecule has 3 rings (SSSR count). The summed E-state index contributed by atoms with van der Waals surface area (Å²) in [6.07, 6.45) is 1.29. The van der Waals surface area contributed by atoms with Crippen LogP contribution in [0.25, 0.3) is 0 Å². The van der Waals surface area contributed by atoms with Crippen LogP contribution in [0, 0.1) is 5.92 Å². The highest BCUT2D eigenvalue weighted by Gasteiger charge is 2.27. The van der Waals surface area contributed by atoms with Crippen molar-refractivity contribution in [3.8, 4) is 5.75 Å². The van der Waals surface area contributed by atoms with Crippen molar-refractivity contribution in [3.63, 3.8) is 0 Å². The largest absolute Gasteiger partial charge is 0.489 e. The molecule has 0 N–H and O–H groups in total. The lowest BCUT2D eigenvalue weighted by molar-refractivity contribution is 0.181. The zero-order valence-electron chi connectivity index (χ0n) is 12.1. The molecule has 1 aliphatic heterocycles. The van der Waals surface area contributed by atoms with Gasteiger partial charge in [-0.05, 0) is 29.3 Å². The average Bonchev–Trinajstić information content (AvgIpc) is 2.96. The number of hydrogen-bond donors (Lipinski definition) is 0. The van der Waals surface area contributed by atoms with Crippen molar-refractivity contribution >= 4 is 23.4 Å². The van der Waals surface area contributed by atoms with Crippen LogP contribution in [-0.2, 0) is 12.3 Å². The molecule has 2 aromatic rings. The Bertz CT molecular complexity index is 599. The molecule has 0 saturated heterocycles. The van der Waals surface area contributed by atoms with Crippen LogP contribution in [0.4, 0.5) is 0 Å². The monoisotopic (exact) mass is 318 g/mol. The summed E-state index contributed by atoms with van der Waals surface area (Å²) < 4.78 is 6.13. The molecular weight excluding hydrogens is 300 g/mol. The van der Waals surface area contributed by atoms with Gasteiger partial charge in [-0.15, -0.1) is 23.4 Å². The Hall–Kier alpha value is -1.12. The second kappa shape index (κ2) is 6.76. The molecule has 0 saturated carbocycles. The predicted molar refractivity (Wildman–Crippen MR) is 90.4 cm³/mol. The number of benzene rings is 2. The average molecular weight is 319 g/mol. The molecule has 2 aromatic carbocycles. The Kier molecular flexibility index (Phi) is 4.77. The minimum absolute atomic E-state index is 0.279. The maximum atomic E-state index is 6.13. The Morgan fingerprint density at radius 1 is 1.24 bits per heavy atom. The molecule has 0 aromatic heterocycles. The summed E-state index contributed by atoms with van der Waals surface area (Å²) in [4.78, 5) is 1.32. The third-order valence-electron chi connectivity index (χ3n) is 3.88. The summed E-state index contributed by atoms with van der Waals surface area (Å²) in [6.45, 7) is 2.27. The molecule has 110 valence electrons. The summed E-state index contributed by atoms with van der Waals surface area (Å²) in [7, 11) is 0. The Balaban J connectivity index is 1.59. The molecule has 0 fully saturated rings. The van der Waals surface area contributed by atoms with Gasteiger partial charge in [-0.1, -0.05) is 37.3 Å². The van der Waals surface area contributed by atoms with E-state index in [1.807, 2.05) is 11.8 Å². The minimum Gasteiger partial charge on any atom is -0.489 e. The molecular formula is C18H19ClOS. The van der Waals surface area contributed by atoms with Gasteiger partial charge in [-0.2, -0.15) is 0 Å². The van der Waals surface area contributed by atoms with E-state index >= 15 is 0 Å². The molecule has 1 nitrogen and oxygen atoms in total.